The molecule has 0 aromatic heterocycles. The van der Waals surface area contributed by atoms with Gasteiger partial charge in [-0.25, -0.2) is 4.79 Å². The number of rotatable bonds is 3. The van der Waals surface area contributed by atoms with E-state index in [1.807, 2.05) is 24.0 Å². The van der Waals surface area contributed by atoms with Crippen LogP contribution in [0.4, 0.5) is 10.5 Å². The molecule has 28 heavy (non-hydrogen) atoms. The van der Waals surface area contributed by atoms with Crippen molar-refractivity contribution in [3.05, 3.63) is 23.8 Å². The zero-order chi connectivity index (χ0) is 20.1. The summed E-state index contributed by atoms with van der Waals surface area (Å²) in [5, 5.41) is 6.02. The molecule has 0 bridgehead atoms. The van der Waals surface area contributed by atoms with Crippen LogP contribution in [-0.2, 0) is 4.79 Å². The standard InChI is InChI=1S/C22H33N3O3/c1-4-9-23-22(27)25-10-7-17-13-21(26)24-19-12-16(15(2)3)5-6-20(19)28-11-8-18(17)14-25/h5-6,12,15,17-18H,4,7-11,13-14H2,1-3H3,(H,23,27)(H,24,26)/t17-,18-/m0/s1. The molecule has 2 aliphatic heterocycles. The van der Waals surface area contributed by atoms with Crippen LogP contribution in [0.1, 0.15) is 57.9 Å². The summed E-state index contributed by atoms with van der Waals surface area (Å²) in [5.41, 5.74) is 1.95. The number of nitrogens with zero attached hydrogens (tertiary/aromatic N) is 1. The van der Waals surface area contributed by atoms with E-state index in [4.69, 9.17) is 4.74 Å². The van der Waals surface area contributed by atoms with Crippen molar-refractivity contribution in [2.45, 2.75) is 52.4 Å². The number of piperidine rings is 1. The van der Waals surface area contributed by atoms with Gasteiger partial charge in [0, 0.05) is 26.1 Å². The highest BCUT2D eigenvalue weighted by atomic mass is 16.5. The van der Waals surface area contributed by atoms with Crippen LogP contribution in [-0.4, -0.2) is 43.1 Å². The molecule has 2 N–H and O–H groups in total. The van der Waals surface area contributed by atoms with Gasteiger partial charge in [-0.2, -0.15) is 0 Å². The molecule has 3 rings (SSSR count). The van der Waals surface area contributed by atoms with Crippen molar-refractivity contribution < 1.29 is 14.3 Å². The summed E-state index contributed by atoms with van der Waals surface area (Å²) in [5.74, 6) is 1.72. The minimum Gasteiger partial charge on any atom is -0.491 e. The van der Waals surface area contributed by atoms with E-state index in [2.05, 4.69) is 30.5 Å². The Labute approximate surface area is 168 Å². The molecule has 2 atom stereocenters. The molecule has 1 aromatic rings. The lowest BCUT2D eigenvalue weighted by atomic mass is 9.81. The summed E-state index contributed by atoms with van der Waals surface area (Å²) in [6, 6.07) is 6.05. The smallest absolute Gasteiger partial charge is 0.317 e. The molecule has 154 valence electrons. The van der Waals surface area contributed by atoms with E-state index in [1.54, 1.807) is 0 Å². The van der Waals surface area contributed by atoms with E-state index in [9.17, 15) is 9.59 Å². The molecule has 0 radical (unpaired) electrons. The second kappa shape index (κ2) is 9.30. The zero-order valence-electron chi connectivity index (χ0n) is 17.3. The lowest BCUT2D eigenvalue weighted by molar-refractivity contribution is -0.118. The van der Waals surface area contributed by atoms with E-state index in [1.165, 1.54) is 5.56 Å². The quantitative estimate of drug-likeness (QED) is 0.824. The Hall–Kier alpha value is -2.24. The van der Waals surface area contributed by atoms with E-state index in [-0.39, 0.29) is 23.8 Å². The van der Waals surface area contributed by atoms with Crippen LogP contribution in [0.15, 0.2) is 18.2 Å². The van der Waals surface area contributed by atoms with Crippen LogP contribution in [0.25, 0.3) is 0 Å². The average molecular weight is 388 g/mol. The largest absolute Gasteiger partial charge is 0.491 e. The Kier molecular flexibility index (Phi) is 6.81. The fraction of sp³-hybridized carbons (Fsp3) is 0.636. The molecular formula is C22H33N3O3. The molecule has 1 saturated heterocycles. The third-order valence-corrected chi connectivity index (χ3v) is 5.84. The first-order valence-corrected chi connectivity index (χ1v) is 10.6. The molecule has 0 aliphatic carbocycles. The van der Waals surface area contributed by atoms with Crippen molar-refractivity contribution in [1.82, 2.24) is 10.2 Å². The van der Waals surface area contributed by atoms with Crippen LogP contribution in [0.3, 0.4) is 0 Å². The van der Waals surface area contributed by atoms with Crippen LogP contribution in [0, 0.1) is 11.8 Å². The highest BCUT2D eigenvalue weighted by Gasteiger charge is 2.33. The molecule has 2 heterocycles. The highest BCUT2D eigenvalue weighted by molar-refractivity contribution is 5.92. The van der Waals surface area contributed by atoms with Crippen LogP contribution >= 0.6 is 0 Å². The maximum Gasteiger partial charge on any atom is 0.317 e. The summed E-state index contributed by atoms with van der Waals surface area (Å²) in [7, 11) is 0. The third-order valence-electron chi connectivity index (χ3n) is 5.84. The maximum absolute atomic E-state index is 12.7. The highest BCUT2D eigenvalue weighted by Crippen LogP contribution is 2.34. The molecule has 0 spiro atoms. The van der Waals surface area contributed by atoms with Gasteiger partial charge in [0.2, 0.25) is 5.91 Å². The van der Waals surface area contributed by atoms with Crippen LogP contribution in [0.2, 0.25) is 0 Å². The van der Waals surface area contributed by atoms with Crippen molar-refractivity contribution in [3.8, 4) is 5.75 Å². The van der Waals surface area contributed by atoms with E-state index in [0.29, 0.717) is 38.6 Å². The number of ether oxygens (including phenoxy) is 1. The molecule has 1 aromatic carbocycles. The molecule has 2 aliphatic rings. The predicted octanol–water partition coefficient (Wildman–Crippen LogP) is 3.98. The molecule has 6 nitrogen and oxygen atoms in total. The predicted molar refractivity (Wildman–Crippen MR) is 111 cm³/mol. The van der Waals surface area contributed by atoms with Crippen LogP contribution in [0.5, 0.6) is 5.75 Å². The fourth-order valence-corrected chi connectivity index (χ4v) is 4.09. The Bertz CT molecular complexity index is 704. The molecule has 0 unspecified atom stereocenters. The monoisotopic (exact) mass is 387 g/mol. The van der Waals surface area contributed by atoms with Gasteiger partial charge >= 0.3 is 6.03 Å². The molecule has 3 amide bonds. The van der Waals surface area contributed by atoms with E-state index < -0.39 is 0 Å². The number of carbonyl (C=O) groups excluding carboxylic acids is 2. The van der Waals surface area contributed by atoms with Crippen molar-refractivity contribution in [2.75, 3.05) is 31.6 Å². The second-order valence-electron chi connectivity index (χ2n) is 8.29. The first kappa shape index (κ1) is 20.5. The minimum absolute atomic E-state index is 0.00863. The number of carbonyl (C=O) groups is 2. The topological polar surface area (TPSA) is 70.7 Å². The molecular weight excluding hydrogens is 354 g/mol. The fourth-order valence-electron chi connectivity index (χ4n) is 4.09. The van der Waals surface area contributed by atoms with Crippen molar-refractivity contribution >= 4 is 17.6 Å². The maximum atomic E-state index is 12.7. The normalized spacial score (nSPS) is 22.6. The Morgan fingerprint density at radius 2 is 2.14 bits per heavy atom. The average Bonchev–Trinajstić information content (AvgIpc) is 2.67. The number of amides is 3. The van der Waals surface area contributed by atoms with Gasteiger partial charge in [-0.1, -0.05) is 26.8 Å². The summed E-state index contributed by atoms with van der Waals surface area (Å²) in [4.78, 5) is 26.9. The summed E-state index contributed by atoms with van der Waals surface area (Å²) in [6.45, 7) is 9.01. The zero-order valence-corrected chi connectivity index (χ0v) is 17.3. The lowest BCUT2D eigenvalue weighted by Crippen LogP contribution is -2.49. The Balaban J connectivity index is 1.71. The molecule has 1 fully saturated rings. The van der Waals surface area contributed by atoms with Crippen molar-refractivity contribution in [2.24, 2.45) is 11.8 Å². The summed E-state index contributed by atoms with van der Waals surface area (Å²) < 4.78 is 6.02. The SMILES string of the molecule is CCCNC(=O)N1CC[C@H]2CC(=O)Nc3cc(C(C)C)ccc3OCC[C@H]2C1. The first-order chi connectivity index (χ1) is 13.5. The minimum atomic E-state index is 0.00863. The number of hydrogen-bond acceptors (Lipinski definition) is 3. The lowest BCUT2D eigenvalue weighted by Gasteiger charge is -2.39. The van der Waals surface area contributed by atoms with Crippen molar-refractivity contribution in [1.29, 1.82) is 0 Å². The Morgan fingerprint density at radius 1 is 1.32 bits per heavy atom. The number of fused-ring (bicyclic) bond motifs is 2. The van der Waals surface area contributed by atoms with Gasteiger partial charge in [0.1, 0.15) is 5.75 Å². The van der Waals surface area contributed by atoms with Crippen molar-refractivity contribution in [3.63, 3.8) is 0 Å². The van der Waals surface area contributed by atoms with Gasteiger partial charge in [-0.15, -0.1) is 0 Å². The number of hydrogen-bond donors (Lipinski definition) is 2. The molecule has 6 heteroatoms. The summed E-state index contributed by atoms with van der Waals surface area (Å²) in [6.07, 6.45) is 3.13. The number of nitrogens with one attached hydrogen (secondary N) is 2. The Morgan fingerprint density at radius 3 is 2.89 bits per heavy atom. The van der Waals surface area contributed by atoms with E-state index >= 15 is 0 Å². The number of benzene rings is 1. The number of likely N-dealkylation sites (tertiary alicyclic amines) is 1. The summed E-state index contributed by atoms with van der Waals surface area (Å²) >= 11 is 0. The van der Waals surface area contributed by atoms with E-state index in [0.717, 1.165) is 30.7 Å². The van der Waals surface area contributed by atoms with Crippen LogP contribution < -0.4 is 15.4 Å². The first-order valence-electron chi connectivity index (χ1n) is 10.6. The number of urea groups is 1. The third kappa shape index (κ3) is 4.97. The van der Waals surface area contributed by atoms with Gasteiger partial charge in [-0.3, -0.25) is 4.79 Å². The van der Waals surface area contributed by atoms with Gasteiger partial charge < -0.3 is 20.3 Å². The second-order valence-corrected chi connectivity index (χ2v) is 8.29. The van der Waals surface area contributed by atoms with Gasteiger partial charge in [0.25, 0.3) is 0 Å². The van der Waals surface area contributed by atoms with Gasteiger partial charge in [0.15, 0.2) is 0 Å². The number of anilines is 1. The van der Waals surface area contributed by atoms with Gasteiger partial charge in [0.05, 0.1) is 12.3 Å². The van der Waals surface area contributed by atoms with Gasteiger partial charge in [-0.05, 0) is 54.7 Å². The molecule has 0 saturated carbocycles.